The molecule has 0 aromatic heterocycles. The first-order chi connectivity index (χ1) is 13.9. The van der Waals surface area contributed by atoms with E-state index in [4.69, 9.17) is 4.74 Å². The molecule has 3 fully saturated rings. The lowest BCUT2D eigenvalue weighted by Gasteiger charge is -2.64. The zero-order chi connectivity index (χ0) is 20.1. The van der Waals surface area contributed by atoms with Gasteiger partial charge in [0.25, 0.3) is 0 Å². The van der Waals surface area contributed by atoms with Crippen molar-refractivity contribution in [1.29, 1.82) is 0 Å². The second-order valence-corrected chi connectivity index (χ2v) is 10.0. The molecule has 1 saturated heterocycles. The standard InChI is InChI=1S/C23H30N2O4/c1-13(26)24(2)16-7-8-23(28)18-11-15-5-6-17(27)20-19(15)22(23,21(16)29-20)9-10-25(18)12-14-3-4-14/h5-6,14,16,18,21,27-28H,3-4,7-12H2,1-2H3/t16-,18-,21+,22+,23-/m1/s1. The van der Waals surface area contributed by atoms with Crippen LogP contribution in [0.4, 0.5) is 0 Å². The maximum Gasteiger partial charge on any atom is 0.219 e. The van der Waals surface area contributed by atoms with Crippen LogP contribution in [0.5, 0.6) is 11.5 Å². The van der Waals surface area contributed by atoms with Crippen molar-refractivity contribution in [3.63, 3.8) is 0 Å². The first kappa shape index (κ1) is 18.0. The molecule has 156 valence electrons. The molecular formula is C23H30N2O4. The lowest BCUT2D eigenvalue weighted by Crippen LogP contribution is -2.78. The molecule has 0 radical (unpaired) electrons. The van der Waals surface area contributed by atoms with Crippen LogP contribution in [-0.4, -0.2) is 69.8 Å². The SMILES string of the molecule is CC(=O)N(C)[C@@H]1CC[C@@]2(O)[C@H]3Cc4ccc(O)c5c4[C@@]2(CCN3CC2CC2)[C@H]1O5. The Morgan fingerprint density at radius 2 is 2.10 bits per heavy atom. The molecule has 0 unspecified atom stereocenters. The molecule has 2 saturated carbocycles. The Bertz CT molecular complexity index is 899. The fourth-order valence-electron chi connectivity index (χ4n) is 7.09. The van der Waals surface area contributed by atoms with Gasteiger partial charge in [0.15, 0.2) is 11.5 Å². The van der Waals surface area contributed by atoms with E-state index >= 15 is 0 Å². The minimum absolute atomic E-state index is 0.0133. The minimum atomic E-state index is -0.884. The largest absolute Gasteiger partial charge is 0.504 e. The Kier molecular flexibility index (Phi) is 3.52. The van der Waals surface area contributed by atoms with E-state index in [0.717, 1.165) is 43.8 Å². The highest BCUT2D eigenvalue weighted by Gasteiger charge is 2.73. The first-order valence-electron chi connectivity index (χ1n) is 11.1. The Morgan fingerprint density at radius 3 is 2.83 bits per heavy atom. The van der Waals surface area contributed by atoms with Crippen LogP contribution in [0.25, 0.3) is 0 Å². The van der Waals surface area contributed by atoms with Gasteiger partial charge < -0.3 is 19.8 Å². The average molecular weight is 399 g/mol. The Morgan fingerprint density at radius 1 is 1.31 bits per heavy atom. The number of ether oxygens (including phenoxy) is 1. The van der Waals surface area contributed by atoms with E-state index in [2.05, 4.69) is 4.90 Å². The number of aromatic hydroxyl groups is 1. The van der Waals surface area contributed by atoms with Crippen molar-refractivity contribution in [3.05, 3.63) is 23.3 Å². The summed E-state index contributed by atoms with van der Waals surface area (Å²) in [7, 11) is 1.84. The van der Waals surface area contributed by atoms with Crippen LogP contribution < -0.4 is 4.74 Å². The molecule has 1 amide bonds. The van der Waals surface area contributed by atoms with E-state index in [-0.39, 0.29) is 29.8 Å². The topological polar surface area (TPSA) is 73.2 Å². The molecular weight excluding hydrogens is 368 g/mol. The van der Waals surface area contributed by atoms with Crippen molar-refractivity contribution >= 4 is 5.91 Å². The van der Waals surface area contributed by atoms with E-state index in [9.17, 15) is 15.0 Å². The molecule has 6 nitrogen and oxygen atoms in total. The quantitative estimate of drug-likeness (QED) is 0.812. The molecule has 6 rings (SSSR count). The van der Waals surface area contributed by atoms with Crippen LogP contribution in [-0.2, 0) is 16.6 Å². The number of hydrogen-bond donors (Lipinski definition) is 2. The van der Waals surface area contributed by atoms with Gasteiger partial charge in [0.2, 0.25) is 5.91 Å². The van der Waals surface area contributed by atoms with Crippen molar-refractivity contribution in [3.8, 4) is 11.5 Å². The third-order valence-electron chi connectivity index (χ3n) is 8.73. The monoisotopic (exact) mass is 398 g/mol. The third kappa shape index (κ3) is 2.12. The smallest absolute Gasteiger partial charge is 0.219 e. The third-order valence-corrected chi connectivity index (χ3v) is 8.73. The highest BCUT2D eigenvalue weighted by molar-refractivity contribution is 5.74. The summed E-state index contributed by atoms with van der Waals surface area (Å²) in [5, 5.41) is 22.9. The number of benzene rings is 1. The zero-order valence-corrected chi connectivity index (χ0v) is 17.2. The highest BCUT2D eigenvalue weighted by atomic mass is 16.5. The summed E-state index contributed by atoms with van der Waals surface area (Å²) in [5.41, 5.74) is 0.785. The van der Waals surface area contributed by atoms with E-state index in [0.29, 0.717) is 12.2 Å². The van der Waals surface area contributed by atoms with E-state index in [1.54, 1.807) is 17.9 Å². The van der Waals surface area contributed by atoms with Crippen LogP contribution >= 0.6 is 0 Å². The molecule has 3 aliphatic carbocycles. The van der Waals surface area contributed by atoms with Gasteiger partial charge in [0.1, 0.15) is 6.10 Å². The number of likely N-dealkylation sites (N-methyl/N-ethyl adjacent to an activating group) is 1. The molecule has 1 aromatic carbocycles. The molecule has 6 heteroatoms. The number of nitrogens with zero attached hydrogens (tertiary/aromatic N) is 2. The number of aliphatic hydroxyl groups is 1. The maximum absolute atomic E-state index is 12.3. The predicted molar refractivity (Wildman–Crippen MR) is 107 cm³/mol. The fraction of sp³-hybridized carbons (Fsp3) is 0.696. The van der Waals surface area contributed by atoms with Gasteiger partial charge in [-0.25, -0.2) is 0 Å². The number of piperidine rings is 1. The summed E-state index contributed by atoms with van der Waals surface area (Å²) in [4.78, 5) is 16.5. The summed E-state index contributed by atoms with van der Waals surface area (Å²) in [6, 6.07) is 3.74. The predicted octanol–water partition coefficient (Wildman–Crippen LogP) is 1.80. The van der Waals surface area contributed by atoms with Gasteiger partial charge in [-0.1, -0.05) is 6.07 Å². The number of carbonyl (C=O) groups is 1. The van der Waals surface area contributed by atoms with Crippen LogP contribution in [0.15, 0.2) is 12.1 Å². The number of carbonyl (C=O) groups excluding carboxylic acids is 1. The second-order valence-electron chi connectivity index (χ2n) is 10.0. The number of phenolic OH excluding ortho intramolecular Hbond substituents is 1. The zero-order valence-electron chi connectivity index (χ0n) is 17.2. The van der Waals surface area contributed by atoms with Crippen molar-refractivity contribution in [1.82, 2.24) is 9.80 Å². The number of rotatable bonds is 3. The number of amides is 1. The van der Waals surface area contributed by atoms with Crippen molar-refractivity contribution in [2.75, 3.05) is 20.1 Å². The summed E-state index contributed by atoms with van der Waals surface area (Å²) < 4.78 is 6.46. The Labute approximate surface area is 171 Å². The lowest BCUT2D eigenvalue weighted by atomic mass is 9.48. The van der Waals surface area contributed by atoms with Crippen LogP contribution in [0.1, 0.15) is 50.2 Å². The Hall–Kier alpha value is -1.79. The first-order valence-corrected chi connectivity index (χ1v) is 11.1. The normalized spacial score (nSPS) is 39.6. The van der Waals surface area contributed by atoms with Crippen LogP contribution in [0.2, 0.25) is 0 Å². The molecule has 2 bridgehead atoms. The Balaban J connectivity index is 1.52. The van der Waals surface area contributed by atoms with E-state index in [1.807, 2.05) is 13.1 Å². The minimum Gasteiger partial charge on any atom is -0.504 e. The van der Waals surface area contributed by atoms with Crippen molar-refractivity contribution in [2.45, 2.75) is 74.7 Å². The summed E-state index contributed by atoms with van der Waals surface area (Å²) >= 11 is 0. The van der Waals surface area contributed by atoms with Crippen LogP contribution in [0.3, 0.4) is 0 Å². The highest BCUT2D eigenvalue weighted by Crippen LogP contribution is 2.65. The second kappa shape index (κ2) is 5.67. The van der Waals surface area contributed by atoms with Gasteiger partial charge in [0, 0.05) is 32.1 Å². The fourth-order valence-corrected chi connectivity index (χ4v) is 7.09. The van der Waals surface area contributed by atoms with Gasteiger partial charge in [-0.15, -0.1) is 0 Å². The average Bonchev–Trinajstić information content (AvgIpc) is 3.42. The molecule has 2 N–H and O–H groups in total. The number of hydrogen-bond acceptors (Lipinski definition) is 5. The molecule has 2 aliphatic heterocycles. The maximum atomic E-state index is 12.3. The van der Waals surface area contributed by atoms with Gasteiger partial charge in [-0.3, -0.25) is 9.69 Å². The molecule has 5 atom stereocenters. The van der Waals surface area contributed by atoms with E-state index < -0.39 is 11.0 Å². The van der Waals surface area contributed by atoms with E-state index in [1.165, 1.54) is 18.4 Å². The van der Waals surface area contributed by atoms with Gasteiger partial charge >= 0.3 is 0 Å². The number of likely N-dealkylation sites (tertiary alicyclic amines) is 1. The van der Waals surface area contributed by atoms with Crippen LogP contribution in [0, 0.1) is 5.92 Å². The van der Waals surface area contributed by atoms with Gasteiger partial charge in [-0.2, -0.15) is 0 Å². The molecule has 1 spiro atoms. The van der Waals surface area contributed by atoms with Gasteiger partial charge in [0.05, 0.1) is 17.1 Å². The molecule has 5 aliphatic rings. The summed E-state index contributed by atoms with van der Waals surface area (Å²) in [6.07, 6.45) is 5.28. The van der Waals surface area contributed by atoms with Crippen molar-refractivity contribution < 1.29 is 19.7 Å². The molecule has 1 aromatic rings. The summed E-state index contributed by atoms with van der Waals surface area (Å²) in [6.45, 7) is 3.60. The molecule has 2 heterocycles. The number of phenols is 1. The summed E-state index contributed by atoms with van der Waals surface area (Å²) in [5.74, 6) is 1.49. The lowest BCUT2D eigenvalue weighted by molar-refractivity contribution is -0.200. The molecule has 29 heavy (non-hydrogen) atoms. The van der Waals surface area contributed by atoms with Gasteiger partial charge in [-0.05, 0) is 62.6 Å². The van der Waals surface area contributed by atoms with Crippen molar-refractivity contribution in [2.24, 2.45) is 5.92 Å².